The van der Waals surface area contributed by atoms with Gasteiger partial charge < -0.3 is 10.3 Å². The summed E-state index contributed by atoms with van der Waals surface area (Å²) in [6, 6.07) is 2.01. The molecular weight excluding hydrogens is 178 g/mol. The standard InChI is InChI=1S/C9H13N5/c1-13-8(2-4-12-13)3-5-14-6-9(10)11-7-14/h2,4,6-7H,3,5,10H2,1H3. The summed E-state index contributed by atoms with van der Waals surface area (Å²) in [6.45, 7) is 0.879. The number of hydrogen-bond acceptors (Lipinski definition) is 3. The molecule has 0 bridgehead atoms. The Morgan fingerprint density at radius 2 is 2.36 bits per heavy atom. The molecule has 0 atom stereocenters. The molecule has 0 aliphatic rings. The van der Waals surface area contributed by atoms with Gasteiger partial charge in [-0.15, -0.1) is 0 Å². The van der Waals surface area contributed by atoms with Crippen molar-refractivity contribution in [3.05, 3.63) is 30.5 Å². The highest BCUT2D eigenvalue weighted by atomic mass is 15.3. The Bertz CT molecular complexity index is 414. The molecule has 0 saturated carbocycles. The van der Waals surface area contributed by atoms with Crippen molar-refractivity contribution >= 4 is 5.82 Å². The first kappa shape index (κ1) is 8.80. The summed E-state index contributed by atoms with van der Waals surface area (Å²) in [4.78, 5) is 3.96. The van der Waals surface area contributed by atoms with Crippen molar-refractivity contribution in [3.8, 4) is 0 Å². The van der Waals surface area contributed by atoms with Crippen LogP contribution in [-0.2, 0) is 20.0 Å². The molecule has 2 aromatic heterocycles. The second-order valence-electron chi connectivity index (χ2n) is 3.23. The molecular formula is C9H13N5. The van der Waals surface area contributed by atoms with E-state index in [2.05, 4.69) is 10.1 Å². The van der Waals surface area contributed by atoms with Crippen LogP contribution in [0.4, 0.5) is 5.82 Å². The van der Waals surface area contributed by atoms with Crippen LogP contribution in [0.3, 0.4) is 0 Å². The van der Waals surface area contributed by atoms with E-state index in [9.17, 15) is 0 Å². The maximum absolute atomic E-state index is 5.51. The third-order valence-corrected chi connectivity index (χ3v) is 2.20. The molecule has 2 N–H and O–H groups in total. The molecule has 5 heteroatoms. The molecule has 0 unspecified atom stereocenters. The van der Waals surface area contributed by atoms with Crippen molar-refractivity contribution < 1.29 is 0 Å². The summed E-state index contributed by atoms with van der Waals surface area (Å²) in [7, 11) is 1.94. The molecule has 2 heterocycles. The van der Waals surface area contributed by atoms with Gasteiger partial charge in [-0.1, -0.05) is 0 Å². The zero-order valence-corrected chi connectivity index (χ0v) is 8.09. The Kier molecular flexibility index (Phi) is 2.22. The minimum absolute atomic E-state index is 0.565. The normalized spacial score (nSPS) is 10.6. The molecule has 0 fully saturated rings. The van der Waals surface area contributed by atoms with Gasteiger partial charge in [0, 0.05) is 38.1 Å². The lowest BCUT2D eigenvalue weighted by molar-refractivity contribution is 0.636. The zero-order chi connectivity index (χ0) is 9.97. The van der Waals surface area contributed by atoms with E-state index in [-0.39, 0.29) is 0 Å². The smallest absolute Gasteiger partial charge is 0.141 e. The zero-order valence-electron chi connectivity index (χ0n) is 8.09. The highest BCUT2D eigenvalue weighted by Crippen LogP contribution is 2.02. The van der Waals surface area contributed by atoms with E-state index >= 15 is 0 Å². The number of hydrogen-bond donors (Lipinski definition) is 1. The molecule has 0 aliphatic heterocycles. The Morgan fingerprint density at radius 1 is 1.50 bits per heavy atom. The number of aryl methyl sites for hydroxylation is 3. The third kappa shape index (κ3) is 1.76. The fourth-order valence-electron chi connectivity index (χ4n) is 1.39. The lowest BCUT2D eigenvalue weighted by Gasteiger charge is -2.02. The SMILES string of the molecule is Cn1nccc1CCn1cnc(N)c1. The third-order valence-electron chi connectivity index (χ3n) is 2.20. The summed E-state index contributed by atoms with van der Waals surface area (Å²) in [5.74, 6) is 0.565. The van der Waals surface area contributed by atoms with Crippen LogP contribution < -0.4 is 5.73 Å². The van der Waals surface area contributed by atoms with Crippen molar-refractivity contribution in [1.82, 2.24) is 19.3 Å². The number of anilines is 1. The Hall–Kier alpha value is -1.78. The van der Waals surface area contributed by atoms with Gasteiger partial charge in [-0.3, -0.25) is 4.68 Å². The molecule has 0 radical (unpaired) electrons. The number of nitrogens with zero attached hydrogens (tertiary/aromatic N) is 4. The van der Waals surface area contributed by atoms with Crippen molar-refractivity contribution in [2.75, 3.05) is 5.73 Å². The number of aromatic nitrogens is 4. The van der Waals surface area contributed by atoms with Crippen LogP contribution in [0.15, 0.2) is 24.8 Å². The second-order valence-corrected chi connectivity index (χ2v) is 3.23. The minimum Gasteiger partial charge on any atom is -0.382 e. The summed E-state index contributed by atoms with van der Waals surface area (Å²) in [5, 5.41) is 4.10. The topological polar surface area (TPSA) is 61.7 Å². The summed E-state index contributed by atoms with van der Waals surface area (Å²) < 4.78 is 3.85. The van der Waals surface area contributed by atoms with E-state index in [1.165, 1.54) is 5.69 Å². The monoisotopic (exact) mass is 191 g/mol. The minimum atomic E-state index is 0.565. The molecule has 0 aromatic carbocycles. The Labute approximate surface area is 82.2 Å². The molecule has 0 saturated heterocycles. The molecule has 2 rings (SSSR count). The first-order valence-electron chi connectivity index (χ1n) is 4.50. The van der Waals surface area contributed by atoms with Crippen LogP contribution in [0.25, 0.3) is 0 Å². The van der Waals surface area contributed by atoms with Crippen molar-refractivity contribution in [1.29, 1.82) is 0 Å². The van der Waals surface area contributed by atoms with Gasteiger partial charge in [0.1, 0.15) is 5.82 Å². The molecule has 5 nitrogen and oxygen atoms in total. The van der Waals surface area contributed by atoms with Gasteiger partial charge in [-0.2, -0.15) is 5.10 Å². The molecule has 0 spiro atoms. The van der Waals surface area contributed by atoms with E-state index in [1.54, 1.807) is 12.5 Å². The highest BCUT2D eigenvalue weighted by molar-refractivity contribution is 5.22. The second kappa shape index (κ2) is 3.53. The molecule has 74 valence electrons. The lowest BCUT2D eigenvalue weighted by atomic mass is 10.3. The van der Waals surface area contributed by atoms with E-state index in [0.717, 1.165) is 13.0 Å². The summed E-state index contributed by atoms with van der Waals surface area (Å²) in [5.41, 5.74) is 6.71. The first-order chi connectivity index (χ1) is 6.75. The van der Waals surface area contributed by atoms with E-state index < -0.39 is 0 Å². The van der Waals surface area contributed by atoms with Gasteiger partial charge in [0.25, 0.3) is 0 Å². The first-order valence-corrected chi connectivity index (χ1v) is 4.50. The fraction of sp³-hybridized carbons (Fsp3) is 0.333. The van der Waals surface area contributed by atoms with Crippen molar-refractivity contribution in [2.45, 2.75) is 13.0 Å². The summed E-state index contributed by atoms with van der Waals surface area (Å²) >= 11 is 0. The van der Waals surface area contributed by atoms with Crippen LogP contribution >= 0.6 is 0 Å². The van der Waals surface area contributed by atoms with Crippen LogP contribution in [0.5, 0.6) is 0 Å². The van der Waals surface area contributed by atoms with Gasteiger partial charge in [0.2, 0.25) is 0 Å². The van der Waals surface area contributed by atoms with E-state index in [0.29, 0.717) is 5.82 Å². The van der Waals surface area contributed by atoms with E-state index in [1.807, 2.05) is 28.6 Å². The maximum atomic E-state index is 5.51. The maximum Gasteiger partial charge on any atom is 0.141 e. The highest BCUT2D eigenvalue weighted by Gasteiger charge is 1.99. The van der Waals surface area contributed by atoms with Crippen molar-refractivity contribution in [2.24, 2.45) is 7.05 Å². The Balaban J connectivity index is 1.98. The van der Waals surface area contributed by atoms with Gasteiger partial charge in [-0.25, -0.2) is 4.98 Å². The summed E-state index contributed by atoms with van der Waals surface area (Å²) in [6.07, 6.45) is 6.31. The largest absolute Gasteiger partial charge is 0.382 e. The van der Waals surface area contributed by atoms with Crippen LogP contribution in [-0.4, -0.2) is 19.3 Å². The van der Waals surface area contributed by atoms with Gasteiger partial charge in [0.05, 0.1) is 6.33 Å². The number of nitrogens with two attached hydrogens (primary N) is 1. The predicted octanol–water partition coefficient (Wildman–Crippen LogP) is 0.442. The average molecular weight is 191 g/mol. The predicted molar refractivity (Wildman–Crippen MR) is 53.6 cm³/mol. The lowest BCUT2D eigenvalue weighted by Crippen LogP contribution is -2.03. The van der Waals surface area contributed by atoms with Crippen molar-refractivity contribution in [3.63, 3.8) is 0 Å². The Morgan fingerprint density at radius 3 is 2.93 bits per heavy atom. The van der Waals surface area contributed by atoms with Crippen LogP contribution in [0.2, 0.25) is 0 Å². The van der Waals surface area contributed by atoms with Gasteiger partial charge in [-0.05, 0) is 6.07 Å². The molecule has 2 aromatic rings. The van der Waals surface area contributed by atoms with E-state index in [4.69, 9.17) is 5.73 Å². The number of imidazole rings is 1. The molecule has 0 aliphatic carbocycles. The fourth-order valence-corrected chi connectivity index (χ4v) is 1.39. The number of nitrogen functional groups attached to an aromatic ring is 1. The van der Waals surface area contributed by atoms with Crippen LogP contribution in [0, 0.1) is 0 Å². The van der Waals surface area contributed by atoms with Gasteiger partial charge in [0.15, 0.2) is 0 Å². The van der Waals surface area contributed by atoms with Gasteiger partial charge >= 0.3 is 0 Å². The average Bonchev–Trinajstić information content (AvgIpc) is 2.72. The number of rotatable bonds is 3. The molecule has 0 amide bonds. The quantitative estimate of drug-likeness (QED) is 0.765. The molecule has 14 heavy (non-hydrogen) atoms. The van der Waals surface area contributed by atoms with Crippen LogP contribution in [0.1, 0.15) is 5.69 Å².